The highest BCUT2D eigenvalue weighted by atomic mass is 35.5. The second-order valence-electron chi connectivity index (χ2n) is 7.92. The Bertz CT molecular complexity index is 762. The molecular formula is C22H29Cl2N3O2. The molecule has 29 heavy (non-hydrogen) atoms. The lowest BCUT2D eigenvalue weighted by Crippen LogP contribution is -2.56. The molecule has 1 aromatic carbocycles. The summed E-state index contributed by atoms with van der Waals surface area (Å²) < 4.78 is 0. The van der Waals surface area contributed by atoms with Crippen LogP contribution in [0.5, 0.6) is 0 Å². The largest absolute Gasteiger partial charge is 0.339 e. The normalized spacial score (nSPS) is 21.2. The van der Waals surface area contributed by atoms with Gasteiger partial charge in [-0.05, 0) is 69.6 Å². The minimum Gasteiger partial charge on any atom is -0.339 e. The number of piperidine rings is 1. The molecule has 158 valence electrons. The molecule has 0 radical (unpaired) electrons. The molecule has 0 N–H and O–H groups in total. The number of hydrogen-bond donors (Lipinski definition) is 0. The van der Waals surface area contributed by atoms with Crippen LogP contribution >= 0.6 is 23.2 Å². The third kappa shape index (κ3) is 6.21. The predicted molar refractivity (Wildman–Crippen MR) is 118 cm³/mol. The number of hydrogen-bond acceptors (Lipinski definition) is 3. The third-order valence-corrected chi connectivity index (χ3v) is 6.41. The van der Waals surface area contributed by atoms with Gasteiger partial charge in [-0.1, -0.05) is 35.7 Å². The van der Waals surface area contributed by atoms with Crippen LogP contribution in [0.3, 0.4) is 0 Å². The average Bonchev–Trinajstić information content (AvgIpc) is 2.71. The van der Waals surface area contributed by atoms with Crippen molar-refractivity contribution in [1.82, 2.24) is 14.7 Å². The Morgan fingerprint density at radius 1 is 1.14 bits per heavy atom. The number of piperazine rings is 1. The van der Waals surface area contributed by atoms with Crippen molar-refractivity contribution in [2.24, 2.45) is 0 Å². The van der Waals surface area contributed by atoms with Gasteiger partial charge < -0.3 is 14.7 Å². The van der Waals surface area contributed by atoms with Gasteiger partial charge in [0.25, 0.3) is 0 Å². The second kappa shape index (κ2) is 10.5. The van der Waals surface area contributed by atoms with Crippen LogP contribution < -0.4 is 0 Å². The number of halogens is 2. The molecule has 0 saturated carbocycles. The number of carbonyl (C=O) groups is 2. The Labute approximate surface area is 183 Å². The molecule has 2 amide bonds. The van der Waals surface area contributed by atoms with E-state index >= 15 is 0 Å². The van der Waals surface area contributed by atoms with Gasteiger partial charge in [0.05, 0.1) is 10.0 Å². The Kier molecular flexibility index (Phi) is 7.99. The molecule has 0 unspecified atom stereocenters. The molecule has 0 aliphatic carbocycles. The van der Waals surface area contributed by atoms with Crippen molar-refractivity contribution in [3.63, 3.8) is 0 Å². The Hall–Kier alpha value is -1.56. The van der Waals surface area contributed by atoms with Crippen LogP contribution in [0.2, 0.25) is 10.0 Å². The minimum absolute atomic E-state index is 0.00589. The van der Waals surface area contributed by atoms with Gasteiger partial charge in [0.1, 0.15) is 6.54 Å². The summed E-state index contributed by atoms with van der Waals surface area (Å²) in [6.07, 6.45) is 8.09. The van der Waals surface area contributed by atoms with Gasteiger partial charge in [0.2, 0.25) is 11.8 Å². The maximum Gasteiger partial charge on any atom is 0.247 e. The molecule has 2 saturated heterocycles. The van der Waals surface area contributed by atoms with Gasteiger partial charge >= 0.3 is 0 Å². The van der Waals surface area contributed by atoms with Crippen LogP contribution in [0.1, 0.15) is 38.2 Å². The van der Waals surface area contributed by atoms with Crippen molar-refractivity contribution >= 4 is 41.1 Å². The lowest BCUT2D eigenvalue weighted by atomic mass is 10.1. The Morgan fingerprint density at radius 2 is 1.90 bits per heavy atom. The smallest absolute Gasteiger partial charge is 0.247 e. The number of carbonyl (C=O) groups excluding carboxylic acids is 2. The molecule has 5 nitrogen and oxygen atoms in total. The lowest BCUT2D eigenvalue weighted by molar-refractivity contribution is -0.146. The predicted octanol–water partition coefficient (Wildman–Crippen LogP) is 3.94. The molecule has 7 heteroatoms. The highest BCUT2D eigenvalue weighted by molar-refractivity contribution is 6.42. The maximum absolute atomic E-state index is 12.6. The van der Waals surface area contributed by atoms with E-state index in [0.717, 1.165) is 25.1 Å². The number of benzene rings is 1. The van der Waals surface area contributed by atoms with Crippen molar-refractivity contribution in [2.45, 2.75) is 38.6 Å². The first kappa shape index (κ1) is 22.1. The van der Waals surface area contributed by atoms with Crippen LogP contribution in [0.15, 0.2) is 24.3 Å². The first-order valence-corrected chi connectivity index (χ1v) is 11.1. The molecule has 0 spiro atoms. The SMILES string of the molecule is C[C@@H]1CN(CCCN2CCCCC2)C(=O)CN1C(=O)C=Cc1ccc(Cl)c(Cl)c1. The summed E-state index contributed by atoms with van der Waals surface area (Å²) in [7, 11) is 0. The second-order valence-corrected chi connectivity index (χ2v) is 8.73. The number of rotatable bonds is 6. The fourth-order valence-corrected chi connectivity index (χ4v) is 4.29. The summed E-state index contributed by atoms with van der Waals surface area (Å²) in [5.41, 5.74) is 0.795. The average molecular weight is 438 g/mol. The summed E-state index contributed by atoms with van der Waals surface area (Å²) in [6, 6.07) is 5.20. The van der Waals surface area contributed by atoms with Crippen molar-refractivity contribution in [1.29, 1.82) is 0 Å². The van der Waals surface area contributed by atoms with E-state index in [1.165, 1.54) is 38.4 Å². The fourth-order valence-electron chi connectivity index (χ4n) is 3.98. The van der Waals surface area contributed by atoms with E-state index in [4.69, 9.17) is 23.2 Å². The van der Waals surface area contributed by atoms with Crippen LogP contribution in [-0.2, 0) is 9.59 Å². The zero-order valence-electron chi connectivity index (χ0n) is 16.9. The van der Waals surface area contributed by atoms with Gasteiger partial charge in [0, 0.05) is 25.2 Å². The maximum atomic E-state index is 12.6. The summed E-state index contributed by atoms with van der Waals surface area (Å²) in [6.45, 7) is 6.89. The van der Waals surface area contributed by atoms with Crippen LogP contribution in [0, 0.1) is 0 Å². The molecular weight excluding hydrogens is 409 g/mol. The summed E-state index contributed by atoms with van der Waals surface area (Å²) in [5.74, 6) is -0.136. The van der Waals surface area contributed by atoms with Gasteiger partial charge in [-0.2, -0.15) is 0 Å². The zero-order valence-corrected chi connectivity index (χ0v) is 18.5. The van der Waals surface area contributed by atoms with Crippen LogP contribution in [0.25, 0.3) is 6.08 Å². The number of amides is 2. The number of likely N-dealkylation sites (tertiary alicyclic amines) is 1. The number of nitrogens with zero attached hydrogens (tertiary/aromatic N) is 3. The third-order valence-electron chi connectivity index (χ3n) is 5.67. The van der Waals surface area contributed by atoms with Gasteiger partial charge in [-0.15, -0.1) is 0 Å². The molecule has 2 aliphatic rings. The summed E-state index contributed by atoms with van der Waals surface area (Å²) in [5, 5.41) is 0.925. The highest BCUT2D eigenvalue weighted by Gasteiger charge is 2.31. The molecule has 1 aromatic rings. The zero-order chi connectivity index (χ0) is 20.8. The molecule has 0 bridgehead atoms. The first-order valence-electron chi connectivity index (χ1n) is 10.4. The summed E-state index contributed by atoms with van der Waals surface area (Å²) in [4.78, 5) is 31.2. The molecule has 2 heterocycles. The van der Waals surface area contributed by atoms with Gasteiger partial charge in [0.15, 0.2) is 0 Å². The molecule has 3 rings (SSSR count). The Balaban J connectivity index is 1.49. The van der Waals surface area contributed by atoms with E-state index < -0.39 is 0 Å². The molecule has 0 aromatic heterocycles. The topological polar surface area (TPSA) is 43.9 Å². The molecule has 2 aliphatic heterocycles. The van der Waals surface area contributed by atoms with Crippen LogP contribution in [-0.4, -0.2) is 71.8 Å². The van der Waals surface area contributed by atoms with Gasteiger partial charge in [-0.25, -0.2) is 0 Å². The van der Waals surface area contributed by atoms with E-state index in [1.54, 1.807) is 29.2 Å². The van der Waals surface area contributed by atoms with E-state index in [-0.39, 0.29) is 24.4 Å². The molecule has 1 atom stereocenters. The first-order chi connectivity index (χ1) is 13.9. The van der Waals surface area contributed by atoms with E-state index in [9.17, 15) is 9.59 Å². The quantitative estimate of drug-likeness (QED) is 0.632. The van der Waals surface area contributed by atoms with Crippen LogP contribution in [0.4, 0.5) is 0 Å². The van der Waals surface area contributed by atoms with Crippen molar-refractivity contribution in [2.75, 3.05) is 39.3 Å². The monoisotopic (exact) mass is 437 g/mol. The highest BCUT2D eigenvalue weighted by Crippen LogP contribution is 2.23. The van der Waals surface area contributed by atoms with Crippen molar-refractivity contribution in [3.8, 4) is 0 Å². The minimum atomic E-state index is -0.162. The van der Waals surface area contributed by atoms with Crippen molar-refractivity contribution < 1.29 is 9.59 Å². The summed E-state index contributed by atoms with van der Waals surface area (Å²) >= 11 is 11.9. The van der Waals surface area contributed by atoms with E-state index in [0.29, 0.717) is 16.6 Å². The Morgan fingerprint density at radius 3 is 2.62 bits per heavy atom. The van der Waals surface area contributed by atoms with E-state index in [1.807, 2.05) is 11.8 Å². The van der Waals surface area contributed by atoms with Crippen molar-refractivity contribution in [3.05, 3.63) is 39.9 Å². The van der Waals surface area contributed by atoms with E-state index in [2.05, 4.69) is 4.90 Å². The molecule has 2 fully saturated rings. The van der Waals surface area contributed by atoms with Gasteiger partial charge in [-0.3, -0.25) is 9.59 Å². The standard InChI is InChI=1S/C22H29Cl2N3O2/c1-17-15-26(13-5-12-25-10-3-2-4-11-25)22(29)16-27(17)21(28)9-7-18-6-8-19(23)20(24)14-18/h6-9,14,17H,2-5,10-13,15-16H2,1H3/t17-/m1/s1. The fraction of sp³-hybridized carbons (Fsp3) is 0.545. The lowest BCUT2D eigenvalue weighted by Gasteiger charge is -2.39.